The molecule has 7 nitrogen and oxygen atoms in total. The van der Waals surface area contributed by atoms with Crippen molar-refractivity contribution in [1.82, 2.24) is 0 Å². The number of hydrogen-bond acceptors (Lipinski definition) is 5. The van der Waals surface area contributed by atoms with Gasteiger partial charge >= 0.3 is 5.97 Å². The molecule has 0 saturated heterocycles. The van der Waals surface area contributed by atoms with Crippen molar-refractivity contribution in [3.05, 3.63) is 94.0 Å². The number of rotatable bonds is 4. The molecule has 3 aromatic rings. The van der Waals surface area contributed by atoms with Crippen molar-refractivity contribution in [2.24, 2.45) is 0 Å². The van der Waals surface area contributed by atoms with Crippen LogP contribution < -0.4 is 10.2 Å². The highest BCUT2D eigenvalue weighted by Gasteiger charge is 2.37. The van der Waals surface area contributed by atoms with Gasteiger partial charge in [-0.2, -0.15) is 0 Å². The second kappa shape index (κ2) is 8.11. The summed E-state index contributed by atoms with van der Waals surface area (Å²) in [6.45, 7) is 3.86. The fraction of sp³-hybridized carbons (Fsp3) is 0.120. The number of nitrogens with zero attached hydrogens (tertiary/aromatic N) is 1. The van der Waals surface area contributed by atoms with Crippen molar-refractivity contribution in [3.63, 3.8) is 0 Å². The van der Waals surface area contributed by atoms with Crippen molar-refractivity contribution in [2.75, 3.05) is 17.3 Å². The predicted octanol–water partition coefficient (Wildman–Crippen LogP) is 4.14. The van der Waals surface area contributed by atoms with Crippen LogP contribution in [0.1, 0.15) is 52.6 Å². The molecule has 1 heterocycles. The molecule has 0 atom stereocenters. The molecule has 0 saturated carbocycles. The van der Waals surface area contributed by atoms with Gasteiger partial charge in [0.2, 0.25) is 0 Å². The largest absolute Gasteiger partial charge is 0.465 e. The Morgan fingerprint density at radius 1 is 0.812 bits per heavy atom. The van der Waals surface area contributed by atoms with Crippen LogP contribution in [0, 0.1) is 13.8 Å². The molecule has 3 amide bonds. The number of hydrogen-bond donors (Lipinski definition) is 1. The van der Waals surface area contributed by atoms with Crippen molar-refractivity contribution < 1.29 is 23.9 Å². The quantitative estimate of drug-likeness (QED) is 0.498. The van der Waals surface area contributed by atoms with Gasteiger partial charge in [0, 0.05) is 11.3 Å². The maximum atomic E-state index is 13.0. The van der Waals surface area contributed by atoms with Gasteiger partial charge in [-0.15, -0.1) is 0 Å². The zero-order chi connectivity index (χ0) is 23.0. The normalized spacial score (nSPS) is 12.5. The summed E-state index contributed by atoms with van der Waals surface area (Å²) in [5.74, 6) is -1.89. The van der Waals surface area contributed by atoms with E-state index in [2.05, 4.69) is 10.1 Å². The monoisotopic (exact) mass is 428 g/mol. The standard InChI is InChI=1S/C25H20N2O5/c1-14-7-9-19(11-15(14)2)27-23(29)20-10-8-16(13-21(20)24(27)30)22(28)26-18-6-4-5-17(12-18)25(31)32-3/h4-13H,1-3H3,(H,26,28). The summed E-state index contributed by atoms with van der Waals surface area (Å²) in [5.41, 5.74) is 3.84. The first-order valence-electron chi connectivity index (χ1n) is 9.90. The number of anilines is 2. The number of amides is 3. The van der Waals surface area contributed by atoms with E-state index >= 15 is 0 Å². The van der Waals surface area contributed by atoms with E-state index in [-0.39, 0.29) is 16.7 Å². The Labute approximate surface area is 184 Å². The summed E-state index contributed by atoms with van der Waals surface area (Å²) in [5, 5.41) is 2.69. The zero-order valence-corrected chi connectivity index (χ0v) is 17.8. The van der Waals surface area contributed by atoms with E-state index in [0.717, 1.165) is 16.0 Å². The van der Waals surface area contributed by atoms with E-state index in [1.807, 2.05) is 19.9 Å². The van der Waals surface area contributed by atoms with Crippen LogP contribution >= 0.6 is 0 Å². The molecule has 0 fully saturated rings. The number of esters is 1. The van der Waals surface area contributed by atoms with Crippen molar-refractivity contribution in [3.8, 4) is 0 Å². The zero-order valence-electron chi connectivity index (χ0n) is 17.8. The number of imide groups is 1. The third-order valence-corrected chi connectivity index (χ3v) is 5.44. The predicted molar refractivity (Wildman–Crippen MR) is 119 cm³/mol. The van der Waals surface area contributed by atoms with E-state index in [1.165, 1.54) is 31.4 Å². The van der Waals surface area contributed by atoms with Crippen LogP contribution in [-0.2, 0) is 4.74 Å². The highest BCUT2D eigenvalue weighted by Crippen LogP contribution is 2.30. The number of fused-ring (bicyclic) bond motifs is 1. The summed E-state index contributed by atoms with van der Waals surface area (Å²) < 4.78 is 4.69. The molecule has 32 heavy (non-hydrogen) atoms. The minimum absolute atomic E-state index is 0.171. The molecule has 3 aromatic carbocycles. The first kappa shape index (κ1) is 21.0. The fourth-order valence-electron chi connectivity index (χ4n) is 3.53. The van der Waals surface area contributed by atoms with Crippen LogP contribution in [0.4, 0.5) is 11.4 Å². The molecule has 0 aromatic heterocycles. The number of nitrogens with one attached hydrogen (secondary N) is 1. The number of methoxy groups -OCH3 is 1. The van der Waals surface area contributed by atoms with Crippen molar-refractivity contribution >= 4 is 35.1 Å². The third kappa shape index (κ3) is 3.65. The first-order valence-corrected chi connectivity index (χ1v) is 9.90. The molecule has 0 spiro atoms. The van der Waals surface area contributed by atoms with Gasteiger partial charge in [-0.3, -0.25) is 14.4 Å². The van der Waals surface area contributed by atoms with Gasteiger partial charge in [0.1, 0.15) is 0 Å². The van der Waals surface area contributed by atoms with Crippen LogP contribution in [-0.4, -0.2) is 30.8 Å². The Kier molecular flexibility index (Phi) is 5.32. The molecule has 0 unspecified atom stereocenters. The van der Waals surface area contributed by atoms with Crippen LogP contribution in [0.15, 0.2) is 60.7 Å². The van der Waals surface area contributed by atoms with Gasteiger partial charge in [0.05, 0.1) is 29.5 Å². The van der Waals surface area contributed by atoms with E-state index < -0.39 is 23.7 Å². The molecule has 0 radical (unpaired) electrons. The topological polar surface area (TPSA) is 92.8 Å². The molecule has 1 N–H and O–H groups in total. The minimum atomic E-state index is -0.519. The van der Waals surface area contributed by atoms with E-state index in [4.69, 9.17) is 0 Å². The maximum Gasteiger partial charge on any atom is 0.337 e. The molecule has 1 aliphatic heterocycles. The Morgan fingerprint density at radius 2 is 1.56 bits per heavy atom. The third-order valence-electron chi connectivity index (χ3n) is 5.44. The van der Waals surface area contributed by atoms with Crippen LogP contribution in [0.2, 0.25) is 0 Å². The van der Waals surface area contributed by atoms with Gasteiger partial charge in [-0.25, -0.2) is 9.69 Å². The number of carbonyl (C=O) groups excluding carboxylic acids is 4. The van der Waals surface area contributed by atoms with Gasteiger partial charge in [-0.1, -0.05) is 12.1 Å². The van der Waals surface area contributed by atoms with Gasteiger partial charge in [0.25, 0.3) is 17.7 Å². The van der Waals surface area contributed by atoms with Crippen LogP contribution in [0.5, 0.6) is 0 Å². The lowest BCUT2D eigenvalue weighted by Crippen LogP contribution is -2.29. The Bertz CT molecular complexity index is 1300. The molecule has 7 heteroatoms. The number of benzene rings is 3. The van der Waals surface area contributed by atoms with Crippen molar-refractivity contribution in [1.29, 1.82) is 0 Å². The minimum Gasteiger partial charge on any atom is -0.465 e. The average Bonchev–Trinajstić information content (AvgIpc) is 3.04. The van der Waals surface area contributed by atoms with Gasteiger partial charge < -0.3 is 10.1 Å². The molecule has 160 valence electrons. The number of aryl methyl sites for hydroxylation is 2. The highest BCUT2D eigenvalue weighted by molar-refractivity contribution is 6.34. The molecule has 0 aliphatic carbocycles. The lowest BCUT2D eigenvalue weighted by Gasteiger charge is -2.15. The van der Waals surface area contributed by atoms with Crippen LogP contribution in [0.3, 0.4) is 0 Å². The van der Waals surface area contributed by atoms with Gasteiger partial charge in [-0.05, 0) is 73.5 Å². The number of ether oxygens (including phenoxy) is 1. The van der Waals surface area contributed by atoms with Crippen LogP contribution in [0.25, 0.3) is 0 Å². The summed E-state index contributed by atoms with van der Waals surface area (Å²) in [7, 11) is 1.28. The van der Waals surface area contributed by atoms with Gasteiger partial charge in [0.15, 0.2) is 0 Å². The summed E-state index contributed by atoms with van der Waals surface area (Å²) in [4.78, 5) is 51.4. The van der Waals surface area contributed by atoms with E-state index in [9.17, 15) is 19.2 Å². The second-order valence-electron chi connectivity index (χ2n) is 7.50. The molecule has 0 bridgehead atoms. The molecular weight excluding hydrogens is 408 g/mol. The second-order valence-corrected chi connectivity index (χ2v) is 7.50. The fourth-order valence-corrected chi connectivity index (χ4v) is 3.53. The summed E-state index contributed by atoms with van der Waals surface area (Å²) in [6, 6.07) is 16.1. The Balaban J connectivity index is 1.60. The smallest absolute Gasteiger partial charge is 0.337 e. The Morgan fingerprint density at radius 3 is 2.28 bits per heavy atom. The SMILES string of the molecule is COC(=O)c1cccc(NC(=O)c2ccc3c(c2)C(=O)N(c2ccc(C)c(C)c2)C3=O)c1. The summed E-state index contributed by atoms with van der Waals surface area (Å²) >= 11 is 0. The molecule has 4 rings (SSSR count). The highest BCUT2D eigenvalue weighted by atomic mass is 16.5. The first-order chi connectivity index (χ1) is 15.3. The lowest BCUT2D eigenvalue weighted by molar-refractivity contribution is 0.0600. The average molecular weight is 428 g/mol. The number of carbonyl (C=O) groups is 4. The maximum absolute atomic E-state index is 13.0. The van der Waals surface area contributed by atoms with E-state index in [1.54, 1.807) is 30.3 Å². The van der Waals surface area contributed by atoms with E-state index in [0.29, 0.717) is 16.9 Å². The molecule has 1 aliphatic rings. The molecular formula is C25H20N2O5. The lowest BCUT2D eigenvalue weighted by atomic mass is 10.1. The Hall–Kier alpha value is -4.26. The summed E-state index contributed by atoms with van der Waals surface area (Å²) in [6.07, 6.45) is 0. The van der Waals surface area contributed by atoms with Crippen molar-refractivity contribution in [2.45, 2.75) is 13.8 Å².